The average molecular weight is 358 g/mol. The maximum absolute atomic E-state index is 13.4. The van der Waals surface area contributed by atoms with Crippen molar-refractivity contribution in [1.82, 2.24) is 19.0 Å². The highest BCUT2D eigenvalue weighted by Gasteiger charge is 2.31. The van der Waals surface area contributed by atoms with Gasteiger partial charge in [0.15, 0.2) is 0 Å². The molecule has 26 heavy (non-hydrogen) atoms. The second kappa shape index (κ2) is 8.08. The van der Waals surface area contributed by atoms with E-state index in [9.17, 15) is 4.79 Å². The number of ether oxygens (including phenoxy) is 1. The normalized spacial score (nSPS) is 17.2. The van der Waals surface area contributed by atoms with Gasteiger partial charge in [-0.2, -0.15) is 0 Å². The molecule has 3 heterocycles. The van der Waals surface area contributed by atoms with Crippen LogP contribution in [0.2, 0.25) is 0 Å². The number of nitrogens with zero attached hydrogens (tertiary/aromatic N) is 4. The van der Waals surface area contributed by atoms with Crippen molar-refractivity contribution in [1.29, 1.82) is 0 Å². The summed E-state index contributed by atoms with van der Waals surface area (Å²) in [5.74, 6) is 1.13. The van der Waals surface area contributed by atoms with Crippen molar-refractivity contribution >= 4 is 5.91 Å². The summed E-state index contributed by atoms with van der Waals surface area (Å²) in [5, 5.41) is 0. The van der Waals surface area contributed by atoms with E-state index in [1.807, 2.05) is 30.3 Å². The van der Waals surface area contributed by atoms with Gasteiger partial charge in [0.05, 0.1) is 11.6 Å². The summed E-state index contributed by atoms with van der Waals surface area (Å²) in [6, 6.07) is 2.07. The van der Waals surface area contributed by atoms with Crippen molar-refractivity contribution in [2.24, 2.45) is 0 Å². The van der Waals surface area contributed by atoms with E-state index in [0.29, 0.717) is 0 Å². The zero-order chi connectivity index (χ0) is 18.7. The summed E-state index contributed by atoms with van der Waals surface area (Å²) >= 11 is 0. The fourth-order valence-corrected chi connectivity index (χ4v) is 4.04. The van der Waals surface area contributed by atoms with Gasteiger partial charge in [-0.25, -0.2) is 4.98 Å². The van der Waals surface area contributed by atoms with Crippen LogP contribution in [-0.4, -0.2) is 45.2 Å². The van der Waals surface area contributed by atoms with Gasteiger partial charge >= 0.3 is 0 Å². The van der Waals surface area contributed by atoms with Gasteiger partial charge in [0.25, 0.3) is 5.91 Å². The van der Waals surface area contributed by atoms with Crippen LogP contribution in [0.4, 0.5) is 0 Å². The third-order valence-corrected chi connectivity index (χ3v) is 5.40. The molecule has 0 N–H and O–H groups in total. The van der Waals surface area contributed by atoms with Crippen molar-refractivity contribution in [2.45, 2.75) is 59.2 Å². The molecule has 0 aromatic carbocycles. The SMILES string of the molecule is CCC1c2nccn2CCCN1C(=O)c1cc(C)n(CCCOC)c1C. The number of imidazole rings is 1. The van der Waals surface area contributed by atoms with Gasteiger partial charge in [-0.3, -0.25) is 4.79 Å². The lowest BCUT2D eigenvalue weighted by molar-refractivity contribution is 0.0669. The van der Waals surface area contributed by atoms with Crippen LogP contribution in [0.25, 0.3) is 0 Å². The number of carbonyl (C=O) groups excluding carboxylic acids is 1. The van der Waals surface area contributed by atoms with E-state index in [1.54, 1.807) is 7.11 Å². The second-order valence-electron chi connectivity index (χ2n) is 7.04. The minimum absolute atomic E-state index is 0.0385. The molecule has 3 rings (SSSR count). The first-order valence-corrected chi connectivity index (χ1v) is 9.56. The number of fused-ring (bicyclic) bond motifs is 1. The van der Waals surface area contributed by atoms with Gasteiger partial charge < -0.3 is 18.8 Å². The van der Waals surface area contributed by atoms with E-state index < -0.39 is 0 Å². The molecule has 0 bridgehead atoms. The summed E-state index contributed by atoms with van der Waals surface area (Å²) in [5.41, 5.74) is 3.00. The summed E-state index contributed by atoms with van der Waals surface area (Å²) in [6.45, 7) is 9.55. The van der Waals surface area contributed by atoms with E-state index in [1.165, 1.54) is 0 Å². The van der Waals surface area contributed by atoms with Crippen molar-refractivity contribution < 1.29 is 9.53 Å². The molecule has 0 fully saturated rings. The predicted octanol–water partition coefficient (Wildman–Crippen LogP) is 3.34. The largest absolute Gasteiger partial charge is 0.385 e. The molecule has 1 unspecified atom stereocenters. The summed E-state index contributed by atoms with van der Waals surface area (Å²) in [6.07, 6.45) is 6.63. The molecule has 2 aromatic heterocycles. The van der Waals surface area contributed by atoms with Crippen LogP contribution in [0.5, 0.6) is 0 Å². The average Bonchev–Trinajstić information content (AvgIpc) is 3.15. The Labute approximate surface area is 155 Å². The number of amides is 1. The molecule has 1 amide bonds. The number of rotatable bonds is 6. The van der Waals surface area contributed by atoms with Gasteiger partial charge in [-0.1, -0.05) is 6.92 Å². The van der Waals surface area contributed by atoms with Crippen LogP contribution in [0.3, 0.4) is 0 Å². The first-order valence-electron chi connectivity index (χ1n) is 9.56. The fraction of sp³-hybridized carbons (Fsp3) is 0.600. The molecule has 1 aliphatic heterocycles. The minimum atomic E-state index is 0.0385. The second-order valence-corrected chi connectivity index (χ2v) is 7.04. The van der Waals surface area contributed by atoms with Gasteiger partial charge in [0.2, 0.25) is 0 Å². The van der Waals surface area contributed by atoms with Gasteiger partial charge in [-0.15, -0.1) is 0 Å². The quantitative estimate of drug-likeness (QED) is 0.744. The van der Waals surface area contributed by atoms with Crippen LogP contribution in [0, 0.1) is 13.8 Å². The van der Waals surface area contributed by atoms with Crippen LogP contribution in [0.1, 0.15) is 59.8 Å². The van der Waals surface area contributed by atoms with Crippen LogP contribution in [0.15, 0.2) is 18.5 Å². The number of carbonyl (C=O) groups is 1. The molecule has 0 spiro atoms. The lowest BCUT2D eigenvalue weighted by Crippen LogP contribution is -2.35. The number of aryl methyl sites for hydroxylation is 2. The highest BCUT2D eigenvalue weighted by atomic mass is 16.5. The maximum atomic E-state index is 13.4. The number of hydrogen-bond donors (Lipinski definition) is 0. The molecular weight excluding hydrogens is 328 g/mol. The number of methoxy groups -OCH3 is 1. The Bertz CT molecular complexity index is 762. The Morgan fingerprint density at radius 1 is 1.35 bits per heavy atom. The Morgan fingerprint density at radius 3 is 2.88 bits per heavy atom. The summed E-state index contributed by atoms with van der Waals surface area (Å²) in [7, 11) is 1.72. The lowest BCUT2D eigenvalue weighted by atomic mass is 10.1. The fourth-order valence-electron chi connectivity index (χ4n) is 4.04. The molecule has 6 heteroatoms. The van der Waals surface area contributed by atoms with Crippen LogP contribution < -0.4 is 0 Å². The Hall–Kier alpha value is -2.08. The number of hydrogen-bond acceptors (Lipinski definition) is 3. The third kappa shape index (κ3) is 3.43. The van der Waals surface area contributed by atoms with E-state index in [4.69, 9.17) is 4.74 Å². The molecule has 1 atom stereocenters. The molecule has 142 valence electrons. The molecule has 0 saturated heterocycles. The molecule has 1 aliphatic rings. The van der Waals surface area contributed by atoms with Gasteiger partial charge in [0, 0.05) is 57.1 Å². The zero-order valence-corrected chi connectivity index (χ0v) is 16.4. The zero-order valence-electron chi connectivity index (χ0n) is 16.4. The van der Waals surface area contributed by atoms with Gasteiger partial charge in [0.1, 0.15) is 5.82 Å². The predicted molar refractivity (Wildman–Crippen MR) is 101 cm³/mol. The van der Waals surface area contributed by atoms with Crippen molar-refractivity contribution in [3.05, 3.63) is 41.2 Å². The smallest absolute Gasteiger partial charge is 0.256 e. The molecule has 0 aliphatic carbocycles. The Balaban J connectivity index is 1.88. The van der Waals surface area contributed by atoms with Crippen molar-refractivity contribution in [3.8, 4) is 0 Å². The maximum Gasteiger partial charge on any atom is 0.256 e. The van der Waals surface area contributed by atoms with Crippen molar-refractivity contribution in [3.63, 3.8) is 0 Å². The first kappa shape index (κ1) is 18.7. The van der Waals surface area contributed by atoms with Crippen molar-refractivity contribution in [2.75, 3.05) is 20.3 Å². The minimum Gasteiger partial charge on any atom is -0.385 e. The third-order valence-electron chi connectivity index (χ3n) is 5.40. The monoisotopic (exact) mass is 358 g/mol. The topological polar surface area (TPSA) is 52.3 Å². The van der Waals surface area contributed by atoms with E-state index >= 15 is 0 Å². The molecule has 2 aromatic rings. The van der Waals surface area contributed by atoms with E-state index in [-0.39, 0.29) is 11.9 Å². The summed E-state index contributed by atoms with van der Waals surface area (Å²) in [4.78, 5) is 20.0. The highest BCUT2D eigenvalue weighted by Crippen LogP contribution is 2.29. The Kier molecular flexibility index (Phi) is 5.81. The first-order chi connectivity index (χ1) is 12.6. The van der Waals surface area contributed by atoms with Crippen LogP contribution in [-0.2, 0) is 17.8 Å². The summed E-state index contributed by atoms with van der Waals surface area (Å²) < 4.78 is 9.58. The number of aromatic nitrogens is 3. The molecule has 0 saturated carbocycles. The van der Waals surface area contributed by atoms with E-state index in [2.05, 4.69) is 28.0 Å². The lowest BCUT2D eigenvalue weighted by Gasteiger charge is -2.28. The van der Waals surface area contributed by atoms with E-state index in [0.717, 1.165) is 68.3 Å². The van der Waals surface area contributed by atoms with Crippen LogP contribution >= 0.6 is 0 Å². The Morgan fingerprint density at radius 2 is 2.15 bits per heavy atom. The highest BCUT2D eigenvalue weighted by molar-refractivity contribution is 5.96. The molecule has 6 nitrogen and oxygen atoms in total. The molecular formula is C20H30N4O2. The molecule has 0 radical (unpaired) electrons. The van der Waals surface area contributed by atoms with Gasteiger partial charge in [-0.05, 0) is 39.2 Å². The standard InChI is InChI=1S/C20H30N4O2/c1-5-18-19-21-8-12-22(19)9-6-10-24(18)20(25)17-14-15(2)23(16(17)3)11-7-13-26-4/h8,12,14,18H,5-7,9-11,13H2,1-4H3.